The van der Waals surface area contributed by atoms with Gasteiger partial charge in [-0.2, -0.15) is 0 Å². The molecule has 0 N–H and O–H groups in total. The van der Waals surface area contributed by atoms with Crippen LogP contribution >= 0.6 is 11.6 Å². The number of imidazole rings is 1. The molecule has 5 nitrogen and oxygen atoms in total. The molecule has 1 aromatic carbocycles. The van der Waals surface area contributed by atoms with E-state index in [0.717, 1.165) is 22.5 Å². The summed E-state index contributed by atoms with van der Waals surface area (Å²) in [6.07, 6.45) is 5.29. The number of hydrogen-bond acceptors (Lipinski definition) is 3. The van der Waals surface area contributed by atoms with Gasteiger partial charge in [0.15, 0.2) is 0 Å². The van der Waals surface area contributed by atoms with Gasteiger partial charge in [-0.1, -0.05) is 23.7 Å². The Bertz CT molecular complexity index is 1100. The molecule has 3 aromatic heterocycles. The number of nitrogens with zero attached hydrogens (tertiary/aromatic N) is 4. The summed E-state index contributed by atoms with van der Waals surface area (Å²) in [5.41, 5.74) is 3.52. The minimum atomic E-state index is -0.0915. The van der Waals surface area contributed by atoms with Gasteiger partial charge >= 0.3 is 0 Å². The lowest BCUT2D eigenvalue weighted by Gasteiger charge is -2.11. The van der Waals surface area contributed by atoms with Crippen molar-refractivity contribution in [2.75, 3.05) is 0 Å². The van der Waals surface area contributed by atoms with E-state index in [0.29, 0.717) is 17.3 Å². The largest absolute Gasteiger partial charge is 0.311 e. The second-order valence-electron chi connectivity index (χ2n) is 5.87. The molecule has 0 spiro atoms. The van der Waals surface area contributed by atoms with Gasteiger partial charge in [0.1, 0.15) is 0 Å². The zero-order valence-corrected chi connectivity index (χ0v) is 14.3. The van der Waals surface area contributed by atoms with Crippen molar-refractivity contribution in [2.45, 2.75) is 13.5 Å². The Labute approximate surface area is 149 Å². The van der Waals surface area contributed by atoms with Crippen molar-refractivity contribution >= 4 is 17.4 Å². The first-order valence-corrected chi connectivity index (χ1v) is 8.24. The molecule has 0 radical (unpaired) electrons. The van der Waals surface area contributed by atoms with Crippen LogP contribution in [0.25, 0.3) is 17.0 Å². The predicted molar refractivity (Wildman–Crippen MR) is 98.0 cm³/mol. The second kappa shape index (κ2) is 6.18. The number of pyridine rings is 1. The first-order valence-electron chi connectivity index (χ1n) is 7.86. The zero-order chi connectivity index (χ0) is 17.4. The van der Waals surface area contributed by atoms with E-state index >= 15 is 0 Å². The van der Waals surface area contributed by atoms with Crippen molar-refractivity contribution in [1.82, 2.24) is 18.9 Å². The van der Waals surface area contributed by atoms with Crippen LogP contribution in [0.5, 0.6) is 0 Å². The van der Waals surface area contributed by atoms with Crippen LogP contribution in [0.1, 0.15) is 11.3 Å². The first kappa shape index (κ1) is 15.6. The fourth-order valence-electron chi connectivity index (χ4n) is 2.83. The molecule has 6 heteroatoms. The molecule has 25 heavy (non-hydrogen) atoms. The van der Waals surface area contributed by atoms with Gasteiger partial charge < -0.3 is 4.57 Å². The van der Waals surface area contributed by atoms with Gasteiger partial charge in [0.25, 0.3) is 5.56 Å². The highest BCUT2D eigenvalue weighted by molar-refractivity contribution is 6.30. The monoisotopic (exact) mass is 350 g/mol. The van der Waals surface area contributed by atoms with E-state index < -0.39 is 0 Å². The van der Waals surface area contributed by atoms with E-state index in [4.69, 9.17) is 16.6 Å². The average Bonchev–Trinajstić information content (AvgIpc) is 3.06. The standard InChI is InChI=1S/C19H15ClN4O/c1-13-10-18(25)24-12-17(15-2-4-16(20)5-3-15)22-19(24)23(13)11-14-6-8-21-9-7-14/h2-10,12H,11H2,1H3. The van der Waals surface area contributed by atoms with Crippen molar-refractivity contribution in [3.05, 3.63) is 87.7 Å². The number of aromatic nitrogens is 4. The van der Waals surface area contributed by atoms with Gasteiger partial charge in [-0.3, -0.25) is 14.2 Å². The molecule has 3 heterocycles. The number of aryl methyl sites for hydroxylation is 1. The maximum absolute atomic E-state index is 12.4. The number of hydrogen-bond donors (Lipinski definition) is 0. The second-order valence-corrected chi connectivity index (χ2v) is 6.31. The Morgan fingerprint density at radius 2 is 1.80 bits per heavy atom. The van der Waals surface area contributed by atoms with Crippen LogP contribution in [0.2, 0.25) is 5.02 Å². The Morgan fingerprint density at radius 1 is 1.08 bits per heavy atom. The summed E-state index contributed by atoms with van der Waals surface area (Å²) in [7, 11) is 0. The quantitative estimate of drug-likeness (QED) is 0.567. The van der Waals surface area contributed by atoms with Crippen LogP contribution in [-0.2, 0) is 6.54 Å². The lowest BCUT2D eigenvalue weighted by molar-refractivity contribution is 0.748. The number of fused-ring (bicyclic) bond motifs is 1. The molecule has 0 aliphatic rings. The Kier molecular flexibility index (Phi) is 3.86. The zero-order valence-electron chi connectivity index (χ0n) is 13.6. The lowest BCUT2D eigenvalue weighted by atomic mass is 10.2. The lowest BCUT2D eigenvalue weighted by Crippen LogP contribution is -2.19. The van der Waals surface area contributed by atoms with Gasteiger partial charge in [-0.25, -0.2) is 4.98 Å². The summed E-state index contributed by atoms with van der Waals surface area (Å²) in [5.74, 6) is 0.617. The van der Waals surface area contributed by atoms with Crippen molar-refractivity contribution in [1.29, 1.82) is 0 Å². The molecule has 0 fully saturated rings. The number of benzene rings is 1. The van der Waals surface area contributed by atoms with E-state index in [1.54, 1.807) is 29.1 Å². The topological polar surface area (TPSA) is 52.2 Å². The summed E-state index contributed by atoms with van der Waals surface area (Å²) in [5, 5.41) is 0.667. The molecule has 0 atom stereocenters. The summed E-state index contributed by atoms with van der Waals surface area (Å²) in [4.78, 5) is 21.1. The minimum Gasteiger partial charge on any atom is -0.311 e. The molecule has 4 rings (SSSR count). The molecule has 0 bridgehead atoms. The van der Waals surface area contributed by atoms with Crippen molar-refractivity contribution in [2.24, 2.45) is 0 Å². The molecule has 0 saturated carbocycles. The predicted octanol–water partition coefficient (Wildman–Crippen LogP) is 3.57. The smallest absolute Gasteiger partial charge is 0.259 e. The Balaban J connectivity index is 1.88. The molecule has 0 unspecified atom stereocenters. The number of rotatable bonds is 3. The third-order valence-electron chi connectivity index (χ3n) is 4.15. The fourth-order valence-corrected chi connectivity index (χ4v) is 2.96. The Hall–Kier alpha value is -2.92. The fraction of sp³-hybridized carbons (Fsp3) is 0.105. The summed E-state index contributed by atoms with van der Waals surface area (Å²) < 4.78 is 3.61. The van der Waals surface area contributed by atoms with Crippen molar-refractivity contribution in [3.63, 3.8) is 0 Å². The van der Waals surface area contributed by atoms with E-state index in [1.165, 1.54) is 0 Å². The first-order chi connectivity index (χ1) is 12.1. The van der Waals surface area contributed by atoms with Crippen LogP contribution in [-0.4, -0.2) is 18.9 Å². The third-order valence-corrected chi connectivity index (χ3v) is 4.41. The molecule has 4 aromatic rings. The van der Waals surface area contributed by atoms with Gasteiger partial charge in [0.2, 0.25) is 5.78 Å². The highest BCUT2D eigenvalue weighted by Gasteiger charge is 2.12. The highest BCUT2D eigenvalue weighted by atomic mass is 35.5. The van der Waals surface area contributed by atoms with Crippen molar-refractivity contribution < 1.29 is 0 Å². The SMILES string of the molecule is Cc1cc(=O)n2cc(-c3ccc(Cl)cc3)nc2n1Cc1ccncc1. The van der Waals surface area contributed by atoms with Gasteiger partial charge in [0, 0.05) is 40.9 Å². The van der Waals surface area contributed by atoms with Crippen LogP contribution in [0.4, 0.5) is 0 Å². The normalized spacial score (nSPS) is 11.1. The molecule has 124 valence electrons. The van der Waals surface area contributed by atoms with E-state index in [2.05, 4.69) is 4.98 Å². The van der Waals surface area contributed by atoms with Crippen LogP contribution in [0.3, 0.4) is 0 Å². The van der Waals surface area contributed by atoms with Gasteiger partial charge in [-0.15, -0.1) is 0 Å². The van der Waals surface area contributed by atoms with Crippen LogP contribution < -0.4 is 5.56 Å². The van der Waals surface area contributed by atoms with Gasteiger partial charge in [-0.05, 0) is 36.8 Å². The molecule has 0 amide bonds. The third kappa shape index (κ3) is 2.94. The molecular formula is C19H15ClN4O. The van der Waals surface area contributed by atoms with E-state index in [1.807, 2.05) is 47.9 Å². The summed E-state index contributed by atoms with van der Waals surface area (Å²) in [6.45, 7) is 2.54. The Morgan fingerprint density at radius 3 is 2.52 bits per heavy atom. The molecule has 0 aliphatic heterocycles. The van der Waals surface area contributed by atoms with Crippen LogP contribution in [0, 0.1) is 6.92 Å². The van der Waals surface area contributed by atoms with Crippen LogP contribution in [0.15, 0.2) is 65.8 Å². The van der Waals surface area contributed by atoms with Crippen molar-refractivity contribution in [3.8, 4) is 11.3 Å². The van der Waals surface area contributed by atoms with Gasteiger partial charge in [0.05, 0.1) is 12.2 Å². The summed E-state index contributed by atoms with van der Waals surface area (Å²) >= 11 is 5.95. The summed E-state index contributed by atoms with van der Waals surface area (Å²) in [6, 6.07) is 13.0. The highest BCUT2D eigenvalue weighted by Crippen LogP contribution is 2.21. The molecule has 0 saturated heterocycles. The maximum Gasteiger partial charge on any atom is 0.259 e. The molecule has 0 aliphatic carbocycles. The maximum atomic E-state index is 12.4. The average molecular weight is 351 g/mol. The van der Waals surface area contributed by atoms with E-state index in [-0.39, 0.29) is 5.56 Å². The molecular weight excluding hydrogens is 336 g/mol. The number of halogens is 1. The van der Waals surface area contributed by atoms with E-state index in [9.17, 15) is 4.79 Å². The minimum absolute atomic E-state index is 0.0915.